The number of carbonyl (C=O) groups excluding carboxylic acids is 1. The summed E-state index contributed by atoms with van der Waals surface area (Å²) >= 11 is 0. The van der Waals surface area contributed by atoms with Crippen molar-refractivity contribution in [1.82, 2.24) is 0 Å². The second-order valence-electron chi connectivity index (χ2n) is 4.46. The fourth-order valence-electron chi connectivity index (χ4n) is 1.50. The Morgan fingerprint density at radius 1 is 1.50 bits per heavy atom. The van der Waals surface area contributed by atoms with Crippen LogP contribution in [-0.4, -0.2) is 23.0 Å². The Balaban J connectivity index is 2.32. The molecule has 6 nitrogen and oxygen atoms in total. The van der Waals surface area contributed by atoms with Gasteiger partial charge in [0.15, 0.2) is 5.60 Å². The quantitative estimate of drug-likeness (QED) is 0.526. The minimum Gasteiger partial charge on any atom is -0.359 e. The van der Waals surface area contributed by atoms with Gasteiger partial charge >= 0.3 is 6.18 Å². The first-order valence-corrected chi connectivity index (χ1v) is 5.44. The number of halogens is 3. The first-order chi connectivity index (χ1) is 9.13. The van der Waals surface area contributed by atoms with Gasteiger partial charge in [0.25, 0.3) is 11.6 Å². The number of nitro groups is 1. The molecular formula is C11H9F3N2O4. The molecule has 1 fully saturated rings. The highest BCUT2D eigenvalue weighted by molar-refractivity contribution is 5.98. The van der Waals surface area contributed by atoms with Crippen molar-refractivity contribution in [3.05, 3.63) is 33.9 Å². The normalized spacial score (nSPS) is 21.4. The standard InChI is InChI=1S/C11H9F3N2O4/c1-10(5-20-10)9(17)15-6-2-3-8(16(18)19)7(4-6)11(12,13)14/h2-4H,5H2,1H3,(H,15,17)/t10-/m1/s1. The van der Waals surface area contributed by atoms with Crippen LogP contribution in [0.3, 0.4) is 0 Å². The number of carbonyl (C=O) groups is 1. The topological polar surface area (TPSA) is 84.8 Å². The fraction of sp³-hybridized carbons (Fsp3) is 0.364. The predicted molar refractivity (Wildman–Crippen MR) is 61.1 cm³/mol. The fourth-order valence-corrected chi connectivity index (χ4v) is 1.50. The molecule has 1 amide bonds. The van der Waals surface area contributed by atoms with Crippen molar-refractivity contribution in [2.24, 2.45) is 0 Å². The summed E-state index contributed by atoms with van der Waals surface area (Å²) in [5, 5.41) is 12.8. The largest absolute Gasteiger partial charge is 0.423 e. The van der Waals surface area contributed by atoms with Crippen molar-refractivity contribution in [2.45, 2.75) is 18.7 Å². The highest BCUT2D eigenvalue weighted by Crippen LogP contribution is 2.38. The number of nitrogens with zero attached hydrogens (tertiary/aromatic N) is 1. The smallest absolute Gasteiger partial charge is 0.359 e. The second-order valence-corrected chi connectivity index (χ2v) is 4.46. The van der Waals surface area contributed by atoms with E-state index in [0.29, 0.717) is 12.1 Å². The number of alkyl halides is 3. The van der Waals surface area contributed by atoms with Crippen LogP contribution >= 0.6 is 0 Å². The lowest BCUT2D eigenvalue weighted by molar-refractivity contribution is -0.388. The number of nitrogens with one attached hydrogen (secondary N) is 1. The van der Waals surface area contributed by atoms with Gasteiger partial charge in [-0.15, -0.1) is 0 Å². The maximum atomic E-state index is 12.7. The predicted octanol–water partition coefficient (Wildman–Crippen LogP) is 2.34. The maximum Gasteiger partial charge on any atom is 0.423 e. The van der Waals surface area contributed by atoms with E-state index < -0.39 is 33.9 Å². The molecule has 1 saturated heterocycles. The Morgan fingerprint density at radius 2 is 2.10 bits per heavy atom. The summed E-state index contributed by atoms with van der Waals surface area (Å²) in [6, 6.07) is 2.27. The van der Waals surface area contributed by atoms with Crippen LogP contribution in [0.4, 0.5) is 24.5 Å². The van der Waals surface area contributed by atoms with Gasteiger partial charge < -0.3 is 10.1 Å². The number of nitro benzene ring substituents is 1. The second kappa shape index (κ2) is 4.44. The van der Waals surface area contributed by atoms with Crippen molar-refractivity contribution in [2.75, 3.05) is 11.9 Å². The number of rotatable bonds is 3. The molecule has 1 aliphatic heterocycles. The molecule has 0 bridgehead atoms. The van der Waals surface area contributed by atoms with E-state index in [1.807, 2.05) is 0 Å². The molecular weight excluding hydrogens is 281 g/mol. The lowest BCUT2D eigenvalue weighted by atomic mass is 10.1. The molecule has 20 heavy (non-hydrogen) atoms. The number of ether oxygens (including phenoxy) is 1. The molecule has 0 saturated carbocycles. The molecule has 1 heterocycles. The summed E-state index contributed by atoms with van der Waals surface area (Å²) in [5.41, 5.74) is -3.70. The van der Waals surface area contributed by atoms with Crippen molar-refractivity contribution in [1.29, 1.82) is 0 Å². The summed E-state index contributed by atoms with van der Waals surface area (Å²) in [5.74, 6) is -0.598. The molecule has 0 unspecified atom stereocenters. The third-order valence-corrected chi connectivity index (χ3v) is 2.81. The Kier molecular flexibility index (Phi) is 3.17. The molecule has 0 spiro atoms. The van der Waals surface area contributed by atoms with E-state index in [-0.39, 0.29) is 12.3 Å². The molecule has 1 atom stereocenters. The van der Waals surface area contributed by atoms with Crippen LogP contribution in [0, 0.1) is 10.1 Å². The number of hydrogen-bond donors (Lipinski definition) is 1. The average Bonchev–Trinajstić information content (AvgIpc) is 3.07. The van der Waals surface area contributed by atoms with Crippen molar-refractivity contribution >= 4 is 17.3 Å². The Labute approximate surface area is 110 Å². The monoisotopic (exact) mass is 290 g/mol. The Hall–Kier alpha value is -2.16. The van der Waals surface area contributed by atoms with E-state index in [4.69, 9.17) is 4.74 Å². The van der Waals surface area contributed by atoms with Crippen LogP contribution in [0.1, 0.15) is 12.5 Å². The van der Waals surface area contributed by atoms with Gasteiger partial charge in [-0.3, -0.25) is 14.9 Å². The number of epoxide rings is 1. The van der Waals surface area contributed by atoms with Crippen molar-refractivity contribution < 1.29 is 27.6 Å². The van der Waals surface area contributed by atoms with E-state index in [1.165, 1.54) is 6.92 Å². The number of hydrogen-bond acceptors (Lipinski definition) is 4. The first kappa shape index (κ1) is 14.3. The molecule has 9 heteroatoms. The van der Waals surface area contributed by atoms with Crippen molar-refractivity contribution in [3.8, 4) is 0 Å². The van der Waals surface area contributed by atoms with Gasteiger partial charge in [-0.2, -0.15) is 13.2 Å². The van der Waals surface area contributed by atoms with Crippen molar-refractivity contribution in [3.63, 3.8) is 0 Å². The van der Waals surface area contributed by atoms with Gasteiger partial charge in [0, 0.05) is 11.8 Å². The molecule has 0 aromatic heterocycles. The van der Waals surface area contributed by atoms with Crippen LogP contribution in [0.2, 0.25) is 0 Å². The zero-order valence-corrected chi connectivity index (χ0v) is 10.2. The summed E-state index contributed by atoms with van der Waals surface area (Å²) < 4.78 is 43.0. The van der Waals surface area contributed by atoms with E-state index in [9.17, 15) is 28.1 Å². The SMILES string of the molecule is C[C@]1(C(=O)Nc2ccc([N+](=O)[O-])c(C(F)(F)F)c2)CO1. The molecule has 1 aromatic carbocycles. The molecule has 1 N–H and O–H groups in total. The van der Waals surface area contributed by atoms with Gasteiger partial charge in [-0.25, -0.2) is 0 Å². The third-order valence-electron chi connectivity index (χ3n) is 2.81. The molecule has 0 aliphatic carbocycles. The van der Waals surface area contributed by atoms with Gasteiger partial charge in [-0.1, -0.05) is 0 Å². The maximum absolute atomic E-state index is 12.7. The number of anilines is 1. The minimum absolute atomic E-state index is 0.176. The van der Waals surface area contributed by atoms with E-state index >= 15 is 0 Å². The number of benzene rings is 1. The zero-order valence-electron chi connectivity index (χ0n) is 10.2. The summed E-state index contributed by atoms with van der Waals surface area (Å²) in [4.78, 5) is 21.1. The van der Waals surface area contributed by atoms with Gasteiger partial charge in [0.2, 0.25) is 0 Å². The van der Waals surface area contributed by atoms with Crippen LogP contribution in [-0.2, 0) is 15.7 Å². The zero-order chi connectivity index (χ0) is 15.1. The van der Waals surface area contributed by atoms with Gasteiger partial charge in [0.05, 0.1) is 11.5 Å². The van der Waals surface area contributed by atoms with E-state index in [0.717, 1.165) is 6.07 Å². The summed E-state index contributed by atoms with van der Waals surface area (Å²) in [7, 11) is 0. The highest BCUT2D eigenvalue weighted by Gasteiger charge is 2.47. The molecule has 1 aliphatic rings. The Morgan fingerprint density at radius 3 is 2.55 bits per heavy atom. The minimum atomic E-state index is -4.89. The third kappa shape index (κ3) is 2.72. The Bertz CT molecular complexity index is 582. The lowest BCUT2D eigenvalue weighted by Gasteiger charge is -2.11. The first-order valence-electron chi connectivity index (χ1n) is 5.44. The van der Waals surface area contributed by atoms with Gasteiger partial charge in [-0.05, 0) is 19.1 Å². The van der Waals surface area contributed by atoms with Crippen LogP contribution < -0.4 is 5.32 Å². The van der Waals surface area contributed by atoms with Crippen LogP contribution in [0.15, 0.2) is 18.2 Å². The molecule has 0 radical (unpaired) electrons. The van der Waals surface area contributed by atoms with E-state index in [2.05, 4.69) is 5.32 Å². The summed E-state index contributed by atoms with van der Waals surface area (Å²) in [6.45, 7) is 1.66. The van der Waals surface area contributed by atoms with Crippen LogP contribution in [0.5, 0.6) is 0 Å². The molecule has 1 aromatic rings. The van der Waals surface area contributed by atoms with Gasteiger partial charge in [0.1, 0.15) is 5.56 Å². The lowest BCUT2D eigenvalue weighted by Crippen LogP contribution is -2.28. The van der Waals surface area contributed by atoms with E-state index in [1.54, 1.807) is 0 Å². The number of amides is 1. The van der Waals surface area contributed by atoms with Crippen LogP contribution in [0.25, 0.3) is 0 Å². The summed E-state index contributed by atoms with van der Waals surface area (Å²) in [6.07, 6.45) is -4.89. The highest BCUT2D eigenvalue weighted by atomic mass is 19.4. The molecule has 2 rings (SSSR count). The molecule has 108 valence electrons. The average molecular weight is 290 g/mol.